The zero-order chi connectivity index (χ0) is 14.2. The minimum Gasteiger partial charge on any atom is -0.248 e. The van der Waals surface area contributed by atoms with Gasteiger partial charge in [0.2, 0.25) is 5.95 Å². The molecule has 0 spiro atoms. The van der Waals surface area contributed by atoms with Gasteiger partial charge in [-0.2, -0.15) is 10.1 Å². The highest BCUT2D eigenvalue weighted by atomic mass is 35.5. The van der Waals surface area contributed by atoms with Crippen LogP contribution in [0.3, 0.4) is 0 Å². The molecule has 0 aliphatic heterocycles. The van der Waals surface area contributed by atoms with Crippen LogP contribution in [0, 0.1) is 0 Å². The van der Waals surface area contributed by atoms with Gasteiger partial charge >= 0.3 is 0 Å². The molecule has 1 aromatic heterocycles. The first-order valence-electron chi connectivity index (χ1n) is 5.63. The minimum atomic E-state index is -3.80. The molecule has 3 rings (SSSR count). The number of nitrogens with zero attached hydrogens (tertiary/aromatic N) is 2. The van der Waals surface area contributed by atoms with E-state index < -0.39 is 10.0 Å². The summed E-state index contributed by atoms with van der Waals surface area (Å²) in [6.45, 7) is 0. The van der Waals surface area contributed by atoms with Crippen LogP contribution in [0.15, 0.2) is 47.6 Å². The molecule has 0 aliphatic rings. The Kier molecular flexibility index (Phi) is 3.07. The molecule has 0 saturated heterocycles. The standard InChI is InChI=1S/C12H9ClN4O2S/c13-9-5-1-3-8-4-2-6-10(11(8)9)20(18,19)17-12-14-7-15-16-12/h1-7H,(H2,14,15,16,17). The van der Waals surface area contributed by atoms with Crippen molar-refractivity contribution in [1.82, 2.24) is 15.2 Å². The van der Waals surface area contributed by atoms with E-state index >= 15 is 0 Å². The maximum Gasteiger partial charge on any atom is 0.264 e. The number of hydrogen-bond donors (Lipinski definition) is 2. The maximum absolute atomic E-state index is 12.4. The quantitative estimate of drug-likeness (QED) is 0.777. The first-order valence-corrected chi connectivity index (χ1v) is 7.49. The fraction of sp³-hybridized carbons (Fsp3) is 0. The van der Waals surface area contributed by atoms with E-state index in [1.165, 1.54) is 12.4 Å². The number of fused-ring (bicyclic) bond motifs is 1. The molecule has 8 heteroatoms. The lowest BCUT2D eigenvalue weighted by atomic mass is 10.1. The number of aromatic amines is 1. The molecule has 102 valence electrons. The average Bonchev–Trinajstić information content (AvgIpc) is 2.90. The fourth-order valence-electron chi connectivity index (χ4n) is 1.92. The molecule has 2 aromatic carbocycles. The monoisotopic (exact) mass is 308 g/mol. The van der Waals surface area contributed by atoms with Crippen molar-refractivity contribution in [2.75, 3.05) is 4.72 Å². The molecule has 0 bridgehead atoms. The molecular formula is C12H9ClN4O2S. The van der Waals surface area contributed by atoms with Crippen molar-refractivity contribution in [1.29, 1.82) is 0 Å². The highest BCUT2D eigenvalue weighted by Gasteiger charge is 2.19. The Hall–Kier alpha value is -2.12. The summed E-state index contributed by atoms with van der Waals surface area (Å²) in [6.07, 6.45) is 1.22. The molecule has 3 aromatic rings. The smallest absolute Gasteiger partial charge is 0.248 e. The summed E-state index contributed by atoms with van der Waals surface area (Å²) in [4.78, 5) is 3.83. The molecule has 0 saturated carbocycles. The van der Waals surface area contributed by atoms with Crippen LogP contribution in [-0.2, 0) is 10.0 Å². The van der Waals surface area contributed by atoms with Crippen molar-refractivity contribution >= 4 is 38.3 Å². The van der Waals surface area contributed by atoms with E-state index in [-0.39, 0.29) is 10.8 Å². The summed E-state index contributed by atoms with van der Waals surface area (Å²) >= 11 is 6.12. The predicted molar refractivity (Wildman–Crippen MR) is 76.1 cm³/mol. The average molecular weight is 309 g/mol. The first-order chi connectivity index (χ1) is 9.58. The van der Waals surface area contributed by atoms with Gasteiger partial charge in [0.05, 0.1) is 4.90 Å². The van der Waals surface area contributed by atoms with Crippen LogP contribution in [0.2, 0.25) is 5.02 Å². The molecular weight excluding hydrogens is 300 g/mol. The molecule has 0 fully saturated rings. The second-order valence-corrected chi connectivity index (χ2v) is 6.09. The van der Waals surface area contributed by atoms with Crippen LogP contribution in [0.4, 0.5) is 5.95 Å². The topological polar surface area (TPSA) is 87.7 Å². The molecule has 1 heterocycles. The summed E-state index contributed by atoms with van der Waals surface area (Å²) in [6, 6.07) is 10.2. The van der Waals surface area contributed by atoms with Crippen LogP contribution in [0.5, 0.6) is 0 Å². The highest BCUT2D eigenvalue weighted by Crippen LogP contribution is 2.30. The van der Waals surface area contributed by atoms with Gasteiger partial charge < -0.3 is 0 Å². The van der Waals surface area contributed by atoms with E-state index in [2.05, 4.69) is 19.9 Å². The van der Waals surface area contributed by atoms with Crippen molar-refractivity contribution in [3.8, 4) is 0 Å². The molecule has 2 N–H and O–H groups in total. The number of hydrogen-bond acceptors (Lipinski definition) is 4. The SMILES string of the molecule is O=S(=O)(Nc1ncn[nH]1)c1cccc2cccc(Cl)c12. The van der Waals surface area contributed by atoms with Crippen molar-refractivity contribution < 1.29 is 8.42 Å². The van der Waals surface area contributed by atoms with E-state index in [0.29, 0.717) is 10.4 Å². The van der Waals surface area contributed by atoms with Gasteiger partial charge in [0.1, 0.15) is 6.33 Å². The van der Waals surface area contributed by atoms with Gasteiger partial charge in [0.25, 0.3) is 10.0 Å². The number of halogens is 1. The Labute approximate surface area is 119 Å². The Bertz CT molecular complexity index is 857. The van der Waals surface area contributed by atoms with E-state index in [4.69, 9.17) is 11.6 Å². The summed E-state index contributed by atoms with van der Waals surface area (Å²) in [5, 5.41) is 7.63. The molecule has 0 atom stereocenters. The highest BCUT2D eigenvalue weighted by molar-refractivity contribution is 7.93. The zero-order valence-corrected chi connectivity index (χ0v) is 11.6. The van der Waals surface area contributed by atoms with Crippen LogP contribution in [-0.4, -0.2) is 23.6 Å². The number of rotatable bonds is 3. The van der Waals surface area contributed by atoms with Crippen molar-refractivity contribution in [2.45, 2.75) is 4.90 Å². The summed E-state index contributed by atoms with van der Waals surface area (Å²) in [5.41, 5.74) is 0. The lowest BCUT2D eigenvalue weighted by Gasteiger charge is -2.09. The number of nitrogens with one attached hydrogen (secondary N) is 2. The number of sulfonamides is 1. The molecule has 6 nitrogen and oxygen atoms in total. The van der Waals surface area contributed by atoms with Crippen LogP contribution in [0.25, 0.3) is 10.8 Å². The lowest BCUT2D eigenvalue weighted by Crippen LogP contribution is -2.14. The van der Waals surface area contributed by atoms with Crippen molar-refractivity contribution in [2.24, 2.45) is 0 Å². The second-order valence-electron chi connectivity index (χ2n) is 4.03. The molecule has 0 radical (unpaired) electrons. The molecule has 0 amide bonds. The Morgan fingerprint density at radius 1 is 1.15 bits per heavy atom. The number of aromatic nitrogens is 3. The van der Waals surface area contributed by atoms with Gasteiger partial charge in [-0.25, -0.2) is 18.2 Å². The third-order valence-electron chi connectivity index (χ3n) is 2.75. The van der Waals surface area contributed by atoms with E-state index in [9.17, 15) is 8.42 Å². The van der Waals surface area contributed by atoms with Crippen LogP contribution < -0.4 is 4.72 Å². The Morgan fingerprint density at radius 2 is 1.90 bits per heavy atom. The minimum absolute atomic E-state index is 0.0501. The van der Waals surface area contributed by atoms with Crippen molar-refractivity contribution in [3.63, 3.8) is 0 Å². The van der Waals surface area contributed by atoms with Gasteiger partial charge in [-0.05, 0) is 17.5 Å². The summed E-state index contributed by atoms with van der Waals surface area (Å²) < 4.78 is 27.1. The third kappa shape index (κ3) is 2.21. The van der Waals surface area contributed by atoms with Gasteiger partial charge in [0, 0.05) is 10.4 Å². The van der Waals surface area contributed by atoms with E-state index in [0.717, 1.165) is 5.39 Å². The summed E-state index contributed by atoms with van der Waals surface area (Å²) in [5.74, 6) is 0.0501. The third-order valence-corrected chi connectivity index (χ3v) is 4.45. The normalized spacial score (nSPS) is 11.7. The van der Waals surface area contributed by atoms with Gasteiger partial charge in [-0.1, -0.05) is 35.9 Å². The Balaban J connectivity index is 2.19. The largest absolute Gasteiger partial charge is 0.264 e. The lowest BCUT2D eigenvalue weighted by molar-refractivity contribution is 0.601. The Morgan fingerprint density at radius 3 is 2.60 bits per heavy atom. The number of H-pyrrole nitrogens is 1. The fourth-order valence-corrected chi connectivity index (χ4v) is 3.48. The van der Waals surface area contributed by atoms with Crippen molar-refractivity contribution in [3.05, 3.63) is 47.7 Å². The first kappa shape index (κ1) is 12.9. The molecule has 0 unspecified atom stereocenters. The second kappa shape index (κ2) is 4.77. The predicted octanol–water partition coefficient (Wildman–Crippen LogP) is 2.41. The van der Waals surface area contributed by atoms with Gasteiger partial charge in [-0.15, -0.1) is 0 Å². The van der Waals surface area contributed by atoms with Gasteiger partial charge in [-0.3, -0.25) is 0 Å². The van der Waals surface area contributed by atoms with Crippen LogP contribution >= 0.6 is 11.6 Å². The number of anilines is 1. The number of benzene rings is 2. The van der Waals surface area contributed by atoms with Crippen LogP contribution in [0.1, 0.15) is 0 Å². The summed E-state index contributed by atoms with van der Waals surface area (Å²) in [7, 11) is -3.80. The molecule has 0 aliphatic carbocycles. The maximum atomic E-state index is 12.4. The molecule has 20 heavy (non-hydrogen) atoms. The van der Waals surface area contributed by atoms with E-state index in [1.54, 1.807) is 30.3 Å². The van der Waals surface area contributed by atoms with E-state index in [1.807, 2.05) is 0 Å². The zero-order valence-electron chi connectivity index (χ0n) is 10.0. The van der Waals surface area contributed by atoms with Gasteiger partial charge in [0.15, 0.2) is 0 Å².